The molecule has 0 saturated heterocycles. The summed E-state index contributed by atoms with van der Waals surface area (Å²) in [5.41, 5.74) is 7.41. The zero-order valence-electron chi connectivity index (χ0n) is 12.2. The van der Waals surface area contributed by atoms with Gasteiger partial charge in [0.2, 0.25) is 5.82 Å². The van der Waals surface area contributed by atoms with E-state index in [-0.39, 0.29) is 17.4 Å². The van der Waals surface area contributed by atoms with Gasteiger partial charge in [-0.15, -0.1) is 5.10 Å². The van der Waals surface area contributed by atoms with Crippen molar-refractivity contribution in [2.75, 3.05) is 5.73 Å². The summed E-state index contributed by atoms with van der Waals surface area (Å²) in [4.78, 5) is 8.25. The molecule has 0 atom stereocenters. The van der Waals surface area contributed by atoms with Crippen LogP contribution in [0.5, 0.6) is 0 Å². The molecule has 0 amide bonds. The van der Waals surface area contributed by atoms with E-state index in [0.29, 0.717) is 17.1 Å². The van der Waals surface area contributed by atoms with Gasteiger partial charge in [-0.2, -0.15) is 9.67 Å². The third-order valence-corrected chi connectivity index (χ3v) is 3.31. The topological polar surface area (TPSA) is 109 Å². The van der Waals surface area contributed by atoms with E-state index in [1.54, 1.807) is 36.7 Å². The largest absolute Gasteiger partial charge is 0.382 e. The van der Waals surface area contributed by atoms with E-state index in [1.165, 1.54) is 16.8 Å². The summed E-state index contributed by atoms with van der Waals surface area (Å²) in [5.74, 6) is 0.245. The molecule has 24 heavy (non-hydrogen) atoms. The highest BCUT2D eigenvalue weighted by atomic mass is 19.1. The van der Waals surface area contributed by atoms with E-state index >= 15 is 0 Å². The zero-order valence-corrected chi connectivity index (χ0v) is 12.2. The van der Waals surface area contributed by atoms with Gasteiger partial charge in [0.05, 0.1) is 5.69 Å². The second-order valence-electron chi connectivity index (χ2n) is 4.88. The number of rotatable bonds is 3. The van der Waals surface area contributed by atoms with E-state index in [2.05, 4.69) is 25.4 Å². The Hall–Kier alpha value is -3.62. The van der Waals surface area contributed by atoms with Gasteiger partial charge in [0, 0.05) is 18.0 Å². The summed E-state index contributed by atoms with van der Waals surface area (Å²) in [6, 6.07) is 9.40. The van der Waals surface area contributed by atoms with Crippen LogP contribution in [0.25, 0.3) is 28.7 Å². The summed E-state index contributed by atoms with van der Waals surface area (Å²) in [7, 11) is 0. The SMILES string of the molecule is Nc1c(-c2nc(-c3cccnc3)no2)nnn1-c1cccc(F)c1. The summed E-state index contributed by atoms with van der Waals surface area (Å²) in [6.07, 6.45) is 3.26. The van der Waals surface area contributed by atoms with Crippen LogP contribution < -0.4 is 5.73 Å². The highest BCUT2D eigenvalue weighted by molar-refractivity contribution is 5.66. The lowest BCUT2D eigenvalue weighted by molar-refractivity contribution is 0.431. The average Bonchev–Trinajstić information content (AvgIpc) is 3.22. The van der Waals surface area contributed by atoms with Crippen molar-refractivity contribution in [3.63, 3.8) is 0 Å². The Morgan fingerprint density at radius 2 is 2.08 bits per heavy atom. The van der Waals surface area contributed by atoms with E-state index in [4.69, 9.17) is 10.3 Å². The van der Waals surface area contributed by atoms with Crippen molar-refractivity contribution in [1.29, 1.82) is 0 Å². The zero-order chi connectivity index (χ0) is 16.5. The number of nitrogens with zero attached hydrogens (tertiary/aromatic N) is 6. The molecule has 0 spiro atoms. The molecule has 0 aliphatic carbocycles. The number of benzene rings is 1. The Labute approximate surface area is 134 Å². The molecular weight excluding hydrogens is 313 g/mol. The smallest absolute Gasteiger partial charge is 0.282 e. The highest BCUT2D eigenvalue weighted by Crippen LogP contribution is 2.26. The molecule has 3 heterocycles. The quantitative estimate of drug-likeness (QED) is 0.615. The van der Waals surface area contributed by atoms with Gasteiger partial charge in [-0.3, -0.25) is 4.98 Å². The van der Waals surface area contributed by atoms with Crippen LogP contribution in [0.15, 0.2) is 53.3 Å². The first kappa shape index (κ1) is 14.0. The van der Waals surface area contributed by atoms with Crippen LogP contribution in [0.3, 0.4) is 0 Å². The molecule has 0 aliphatic heterocycles. The van der Waals surface area contributed by atoms with Crippen LogP contribution in [0, 0.1) is 5.82 Å². The van der Waals surface area contributed by atoms with Crippen molar-refractivity contribution in [3.8, 4) is 28.7 Å². The first-order valence-electron chi connectivity index (χ1n) is 6.94. The predicted molar refractivity (Wildman–Crippen MR) is 82.3 cm³/mol. The summed E-state index contributed by atoms with van der Waals surface area (Å²) >= 11 is 0. The van der Waals surface area contributed by atoms with Crippen molar-refractivity contribution >= 4 is 5.82 Å². The number of hydrogen-bond acceptors (Lipinski definition) is 7. The fraction of sp³-hybridized carbons (Fsp3) is 0. The number of halogens is 1. The van der Waals surface area contributed by atoms with Crippen molar-refractivity contribution < 1.29 is 8.91 Å². The first-order chi connectivity index (χ1) is 11.7. The van der Waals surface area contributed by atoms with Gasteiger partial charge in [-0.1, -0.05) is 16.4 Å². The minimum atomic E-state index is -0.402. The van der Waals surface area contributed by atoms with E-state index < -0.39 is 5.82 Å². The van der Waals surface area contributed by atoms with E-state index in [1.807, 2.05) is 0 Å². The lowest BCUT2D eigenvalue weighted by Crippen LogP contribution is -2.02. The molecule has 0 radical (unpaired) electrons. The van der Waals surface area contributed by atoms with Crippen LogP contribution >= 0.6 is 0 Å². The lowest BCUT2D eigenvalue weighted by Gasteiger charge is -2.02. The van der Waals surface area contributed by atoms with Gasteiger partial charge in [0.25, 0.3) is 5.89 Å². The molecule has 9 heteroatoms. The van der Waals surface area contributed by atoms with Crippen LogP contribution in [-0.2, 0) is 0 Å². The number of nitrogens with two attached hydrogens (primary N) is 1. The van der Waals surface area contributed by atoms with Gasteiger partial charge in [0.15, 0.2) is 11.5 Å². The third-order valence-electron chi connectivity index (χ3n) is 3.31. The molecule has 4 rings (SSSR count). The summed E-state index contributed by atoms with van der Waals surface area (Å²) in [6.45, 7) is 0. The maximum atomic E-state index is 13.4. The van der Waals surface area contributed by atoms with Crippen molar-refractivity contribution in [1.82, 2.24) is 30.1 Å². The minimum absolute atomic E-state index is 0.119. The van der Waals surface area contributed by atoms with Gasteiger partial charge >= 0.3 is 0 Å². The second kappa shape index (κ2) is 5.54. The molecule has 0 bridgehead atoms. The van der Waals surface area contributed by atoms with Gasteiger partial charge < -0.3 is 10.3 Å². The number of nitrogen functional groups attached to an aromatic ring is 1. The fourth-order valence-electron chi connectivity index (χ4n) is 2.17. The molecule has 4 aromatic rings. The number of aromatic nitrogens is 6. The van der Waals surface area contributed by atoms with Crippen LogP contribution in [-0.4, -0.2) is 30.1 Å². The Morgan fingerprint density at radius 3 is 2.88 bits per heavy atom. The molecule has 118 valence electrons. The molecule has 0 saturated carbocycles. The van der Waals surface area contributed by atoms with Crippen molar-refractivity contribution in [3.05, 3.63) is 54.6 Å². The predicted octanol–water partition coefficient (Wildman–Crippen LogP) is 2.10. The number of hydrogen-bond donors (Lipinski definition) is 1. The van der Waals surface area contributed by atoms with Crippen molar-refractivity contribution in [2.45, 2.75) is 0 Å². The summed E-state index contributed by atoms with van der Waals surface area (Å²) in [5, 5.41) is 11.8. The Bertz CT molecular complexity index is 996. The Kier molecular flexibility index (Phi) is 3.23. The molecular formula is C15H10FN7O. The maximum absolute atomic E-state index is 13.4. The molecule has 0 fully saturated rings. The van der Waals surface area contributed by atoms with Crippen LogP contribution in [0.1, 0.15) is 0 Å². The van der Waals surface area contributed by atoms with Gasteiger partial charge in [-0.25, -0.2) is 4.39 Å². The molecule has 0 aliphatic rings. The third kappa shape index (κ3) is 2.37. The number of anilines is 1. The lowest BCUT2D eigenvalue weighted by atomic mass is 10.3. The fourth-order valence-corrected chi connectivity index (χ4v) is 2.17. The molecule has 3 aromatic heterocycles. The summed E-state index contributed by atoms with van der Waals surface area (Å²) < 4.78 is 19.9. The van der Waals surface area contributed by atoms with Crippen LogP contribution in [0.2, 0.25) is 0 Å². The van der Waals surface area contributed by atoms with Crippen LogP contribution in [0.4, 0.5) is 10.2 Å². The maximum Gasteiger partial charge on any atom is 0.282 e. The number of pyridine rings is 1. The van der Waals surface area contributed by atoms with Gasteiger partial charge in [0.1, 0.15) is 5.82 Å². The van der Waals surface area contributed by atoms with E-state index in [0.717, 1.165) is 0 Å². The highest BCUT2D eigenvalue weighted by Gasteiger charge is 2.20. The minimum Gasteiger partial charge on any atom is -0.382 e. The normalized spacial score (nSPS) is 10.9. The van der Waals surface area contributed by atoms with E-state index in [9.17, 15) is 4.39 Å². The Balaban J connectivity index is 1.73. The molecule has 2 N–H and O–H groups in total. The van der Waals surface area contributed by atoms with Gasteiger partial charge in [-0.05, 0) is 30.3 Å². The standard InChI is InChI=1S/C15H10FN7O/c16-10-4-1-5-11(7-10)23-13(17)12(20-22-23)15-19-14(21-24-15)9-3-2-6-18-8-9/h1-8H,17H2. The Morgan fingerprint density at radius 1 is 1.17 bits per heavy atom. The van der Waals surface area contributed by atoms with Crippen molar-refractivity contribution in [2.24, 2.45) is 0 Å². The first-order valence-corrected chi connectivity index (χ1v) is 6.94. The average molecular weight is 323 g/mol. The molecule has 1 aromatic carbocycles. The molecule has 8 nitrogen and oxygen atoms in total. The molecule has 0 unspecified atom stereocenters. The monoisotopic (exact) mass is 323 g/mol. The second-order valence-corrected chi connectivity index (χ2v) is 4.88.